The maximum Gasteiger partial charge on any atom is 0.283 e. The van der Waals surface area contributed by atoms with Gasteiger partial charge in [-0.2, -0.15) is 10.3 Å². The van der Waals surface area contributed by atoms with E-state index in [4.69, 9.17) is 20.1 Å². The predicted octanol–water partition coefficient (Wildman–Crippen LogP) is 3.90. The molecule has 30 heavy (non-hydrogen) atoms. The molecule has 2 aromatic carbocycles. The number of amidine groups is 2. The minimum Gasteiger partial charge on any atom is -0.493 e. The van der Waals surface area contributed by atoms with Gasteiger partial charge in [-0.05, 0) is 29.3 Å². The molecule has 0 bridgehead atoms. The predicted molar refractivity (Wildman–Crippen MR) is 116 cm³/mol. The second-order valence-electron chi connectivity index (χ2n) is 6.29. The number of nitrogens with one attached hydrogen (secondary N) is 1. The second-order valence-corrected chi connectivity index (χ2v) is 7.12. The SMILES string of the molecule is COc1cc(C=C2C(=N)N3C(c4ccccc4)=CSC3=NC2=O)ccc1OCC#N. The number of carbonyl (C=O) groups excluding carboxylic acids is 1. The van der Waals surface area contributed by atoms with Crippen LogP contribution in [0.15, 0.2) is 64.5 Å². The summed E-state index contributed by atoms with van der Waals surface area (Å²) < 4.78 is 10.6. The van der Waals surface area contributed by atoms with E-state index >= 15 is 0 Å². The molecule has 2 aromatic rings. The number of hydrogen-bond acceptors (Lipinski definition) is 6. The van der Waals surface area contributed by atoms with Gasteiger partial charge in [0.05, 0.1) is 18.4 Å². The molecule has 0 saturated heterocycles. The smallest absolute Gasteiger partial charge is 0.283 e. The highest BCUT2D eigenvalue weighted by atomic mass is 32.2. The van der Waals surface area contributed by atoms with Gasteiger partial charge < -0.3 is 9.47 Å². The lowest BCUT2D eigenvalue weighted by molar-refractivity contribution is -0.114. The lowest BCUT2D eigenvalue weighted by atomic mass is 10.1. The molecular weight excluding hydrogens is 400 g/mol. The molecule has 148 valence electrons. The van der Waals surface area contributed by atoms with Crippen molar-refractivity contribution in [2.75, 3.05) is 13.7 Å². The van der Waals surface area contributed by atoms with E-state index in [9.17, 15) is 4.79 Å². The first-order chi connectivity index (χ1) is 14.6. The van der Waals surface area contributed by atoms with Crippen molar-refractivity contribution in [3.05, 3.63) is 70.6 Å². The Morgan fingerprint density at radius 2 is 2.03 bits per heavy atom. The first-order valence-corrected chi connectivity index (χ1v) is 9.84. The fourth-order valence-corrected chi connectivity index (χ4v) is 3.97. The van der Waals surface area contributed by atoms with E-state index in [-0.39, 0.29) is 18.0 Å². The average Bonchev–Trinajstić information content (AvgIpc) is 3.20. The number of rotatable bonds is 5. The zero-order valence-corrected chi connectivity index (χ0v) is 16.8. The van der Waals surface area contributed by atoms with Crippen molar-refractivity contribution in [3.8, 4) is 17.6 Å². The van der Waals surface area contributed by atoms with E-state index in [1.165, 1.54) is 18.9 Å². The first-order valence-electron chi connectivity index (χ1n) is 8.96. The summed E-state index contributed by atoms with van der Waals surface area (Å²) in [6.07, 6.45) is 1.60. The molecule has 0 spiro atoms. The van der Waals surface area contributed by atoms with Crippen LogP contribution in [-0.2, 0) is 4.79 Å². The standard InChI is InChI=1S/C22H16N4O3S/c1-28-19-12-14(7-8-18(19)29-10-9-23)11-16-20(24)26-17(15-5-3-2-4-6-15)13-30-22(26)25-21(16)27/h2-8,11-13,24H,10H2,1H3. The fourth-order valence-electron chi connectivity index (χ4n) is 3.08. The number of thioether (sulfide) groups is 1. The Labute approximate surface area is 177 Å². The van der Waals surface area contributed by atoms with Crippen molar-refractivity contribution >= 4 is 40.4 Å². The van der Waals surface area contributed by atoms with Crippen LogP contribution in [0, 0.1) is 16.7 Å². The van der Waals surface area contributed by atoms with Gasteiger partial charge in [0.1, 0.15) is 11.9 Å². The number of aliphatic imine (C=N–C) groups is 1. The maximum absolute atomic E-state index is 12.6. The Morgan fingerprint density at radius 1 is 1.23 bits per heavy atom. The van der Waals surface area contributed by atoms with E-state index < -0.39 is 5.91 Å². The van der Waals surface area contributed by atoms with Crippen molar-refractivity contribution in [2.24, 2.45) is 4.99 Å². The number of nitrogens with zero attached hydrogens (tertiary/aromatic N) is 3. The van der Waals surface area contributed by atoms with Gasteiger partial charge >= 0.3 is 0 Å². The zero-order chi connectivity index (χ0) is 21.1. The second kappa shape index (κ2) is 8.27. The summed E-state index contributed by atoms with van der Waals surface area (Å²) in [5.41, 5.74) is 2.57. The topological polar surface area (TPSA) is 98.8 Å². The molecule has 0 aliphatic carbocycles. The van der Waals surface area contributed by atoms with Crippen LogP contribution in [0.3, 0.4) is 0 Å². The van der Waals surface area contributed by atoms with Crippen molar-refractivity contribution in [2.45, 2.75) is 0 Å². The van der Waals surface area contributed by atoms with Crippen molar-refractivity contribution < 1.29 is 14.3 Å². The zero-order valence-electron chi connectivity index (χ0n) is 16.0. The molecule has 7 nitrogen and oxygen atoms in total. The number of hydrogen-bond donors (Lipinski definition) is 1. The molecule has 2 heterocycles. The number of fused-ring (bicyclic) bond motifs is 1. The molecule has 0 fully saturated rings. The van der Waals surface area contributed by atoms with Gasteiger partial charge in [0.25, 0.3) is 5.91 Å². The van der Waals surface area contributed by atoms with E-state index in [1.807, 2.05) is 41.8 Å². The highest BCUT2D eigenvalue weighted by molar-refractivity contribution is 8.17. The highest BCUT2D eigenvalue weighted by Gasteiger charge is 2.36. The van der Waals surface area contributed by atoms with Crippen LogP contribution in [0.1, 0.15) is 11.1 Å². The monoisotopic (exact) mass is 416 g/mol. The van der Waals surface area contributed by atoms with Crippen molar-refractivity contribution in [1.82, 2.24) is 4.90 Å². The molecule has 0 saturated carbocycles. The molecule has 4 rings (SSSR count). The molecule has 0 radical (unpaired) electrons. The van der Waals surface area contributed by atoms with Crippen LogP contribution in [-0.4, -0.2) is 35.5 Å². The summed E-state index contributed by atoms with van der Waals surface area (Å²) in [4.78, 5) is 18.4. The van der Waals surface area contributed by atoms with Gasteiger partial charge in [-0.1, -0.05) is 48.2 Å². The third-order valence-corrected chi connectivity index (χ3v) is 5.30. The normalized spacial score (nSPS) is 16.7. The van der Waals surface area contributed by atoms with Gasteiger partial charge in [-0.3, -0.25) is 15.1 Å². The molecule has 2 aliphatic heterocycles. The quantitative estimate of drug-likeness (QED) is 0.742. The third-order valence-electron chi connectivity index (χ3n) is 4.47. The minimum atomic E-state index is -0.467. The van der Waals surface area contributed by atoms with E-state index in [1.54, 1.807) is 29.2 Å². The largest absolute Gasteiger partial charge is 0.493 e. The molecule has 0 atom stereocenters. The lowest BCUT2D eigenvalue weighted by Crippen LogP contribution is -2.38. The molecule has 0 aromatic heterocycles. The number of amides is 1. The molecule has 1 N–H and O–H groups in total. The number of methoxy groups -OCH3 is 1. The number of carbonyl (C=O) groups is 1. The van der Waals surface area contributed by atoms with E-state index in [0.717, 1.165) is 11.3 Å². The van der Waals surface area contributed by atoms with Gasteiger partial charge in [-0.25, -0.2) is 0 Å². The van der Waals surface area contributed by atoms with Crippen molar-refractivity contribution in [1.29, 1.82) is 10.7 Å². The van der Waals surface area contributed by atoms with Gasteiger partial charge in [-0.15, -0.1) is 0 Å². The summed E-state index contributed by atoms with van der Waals surface area (Å²) in [5, 5.41) is 19.7. The third kappa shape index (κ3) is 3.58. The highest BCUT2D eigenvalue weighted by Crippen LogP contribution is 2.37. The van der Waals surface area contributed by atoms with Gasteiger partial charge in [0, 0.05) is 5.41 Å². The Hall–Kier alpha value is -3.83. The summed E-state index contributed by atoms with van der Waals surface area (Å²) in [6.45, 7) is -0.0986. The molecule has 1 amide bonds. The Balaban J connectivity index is 1.68. The maximum atomic E-state index is 12.6. The summed E-state index contributed by atoms with van der Waals surface area (Å²) in [6, 6.07) is 16.7. The molecule has 2 aliphatic rings. The molecule has 8 heteroatoms. The fraction of sp³-hybridized carbons (Fsp3) is 0.0909. The minimum absolute atomic E-state index is 0.0638. The van der Waals surface area contributed by atoms with Gasteiger partial charge in [0.2, 0.25) is 0 Å². The number of ether oxygens (including phenoxy) is 2. The Bertz CT molecular complexity index is 1160. The number of benzene rings is 2. The Morgan fingerprint density at radius 3 is 2.77 bits per heavy atom. The summed E-state index contributed by atoms with van der Waals surface area (Å²) >= 11 is 1.32. The van der Waals surface area contributed by atoms with Gasteiger partial charge in [0.15, 0.2) is 23.3 Å². The molecule has 0 unspecified atom stereocenters. The average molecular weight is 416 g/mol. The van der Waals surface area contributed by atoms with Crippen LogP contribution >= 0.6 is 11.8 Å². The van der Waals surface area contributed by atoms with Crippen LogP contribution in [0.4, 0.5) is 0 Å². The van der Waals surface area contributed by atoms with Crippen LogP contribution < -0.4 is 9.47 Å². The molecular formula is C22H16N4O3S. The van der Waals surface area contributed by atoms with Crippen LogP contribution in [0.2, 0.25) is 0 Å². The lowest BCUT2D eigenvalue weighted by Gasteiger charge is -2.27. The van der Waals surface area contributed by atoms with Crippen molar-refractivity contribution in [3.63, 3.8) is 0 Å². The first kappa shape index (κ1) is 19.5. The van der Waals surface area contributed by atoms with E-state index in [0.29, 0.717) is 22.2 Å². The van der Waals surface area contributed by atoms with Crippen LogP contribution in [0.5, 0.6) is 11.5 Å². The summed E-state index contributed by atoms with van der Waals surface area (Å²) in [7, 11) is 1.49. The number of nitriles is 1. The summed E-state index contributed by atoms with van der Waals surface area (Å²) in [5.74, 6) is 0.455. The van der Waals surface area contributed by atoms with Crippen LogP contribution in [0.25, 0.3) is 11.8 Å². The Kier molecular flexibility index (Phi) is 5.37. The van der Waals surface area contributed by atoms with E-state index in [2.05, 4.69) is 4.99 Å².